The predicted molar refractivity (Wildman–Crippen MR) is 137 cm³/mol. The molecule has 2 heterocycles. The maximum absolute atomic E-state index is 12.9. The van der Waals surface area contributed by atoms with Gasteiger partial charge in [0.2, 0.25) is 0 Å². The molecule has 34 heavy (non-hydrogen) atoms. The van der Waals surface area contributed by atoms with Crippen LogP contribution in [0.25, 0.3) is 16.7 Å². The van der Waals surface area contributed by atoms with Gasteiger partial charge in [-0.3, -0.25) is 4.90 Å². The van der Waals surface area contributed by atoms with E-state index in [1.165, 1.54) is 6.26 Å². The van der Waals surface area contributed by atoms with Gasteiger partial charge in [-0.2, -0.15) is 0 Å². The number of carbonyl (C=O) groups is 1. The van der Waals surface area contributed by atoms with Gasteiger partial charge < -0.3 is 4.74 Å². The SMILES string of the molecule is Cc1cc(-c2cccc(S(C)(=O)=O)c2)c(Cl)cc1C1=CC2(CCCN(CC=C(Cl)Cl)C2)OC1=O. The Bertz CT molecular complexity index is 1320. The van der Waals surface area contributed by atoms with Crippen molar-refractivity contribution in [2.45, 2.75) is 30.3 Å². The topological polar surface area (TPSA) is 63.7 Å². The Labute approximate surface area is 214 Å². The second kappa shape index (κ2) is 9.67. The van der Waals surface area contributed by atoms with Crippen LogP contribution >= 0.6 is 34.8 Å². The van der Waals surface area contributed by atoms with Crippen LogP contribution in [-0.2, 0) is 19.4 Å². The van der Waals surface area contributed by atoms with E-state index >= 15 is 0 Å². The Morgan fingerprint density at radius 1 is 1.21 bits per heavy atom. The first kappa shape index (κ1) is 25.3. The molecule has 180 valence electrons. The van der Waals surface area contributed by atoms with Crippen molar-refractivity contribution in [2.24, 2.45) is 0 Å². The van der Waals surface area contributed by atoms with Crippen LogP contribution in [0.5, 0.6) is 0 Å². The molecule has 2 aliphatic heterocycles. The average Bonchev–Trinajstić information content (AvgIpc) is 3.08. The highest BCUT2D eigenvalue weighted by Gasteiger charge is 2.43. The van der Waals surface area contributed by atoms with Crippen LogP contribution in [0.1, 0.15) is 24.0 Å². The molecule has 0 amide bonds. The first-order valence-electron chi connectivity index (χ1n) is 10.8. The lowest BCUT2D eigenvalue weighted by atomic mass is 9.89. The van der Waals surface area contributed by atoms with Crippen LogP contribution in [-0.4, -0.2) is 50.8 Å². The number of aryl methyl sites for hydroxylation is 1. The number of rotatable bonds is 5. The second-order valence-corrected chi connectivity index (χ2v) is 12.2. The Kier molecular flexibility index (Phi) is 7.19. The maximum atomic E-state index is 12.9. The first-order valence-corrected chi connectivity index (χ1v) is 13.8. The second-order valence-electron chi connectivity index (χ2n) is 8.79. The molecule has 0 aliphatic carbocycles. The predicted octanol–water partition coefficient (Wildman–Crippen LogP) is 5.81. The first-order chi connectivity index (χ1) is 16.0. The fraction of sp³-hybridized carbons (Fsp3) is 0.320. The summed E-state index contributed by atoms with van der Waals surface area (Å²) in [4.78, 5) is 15.3. The number of piperidine rings is 1. The van der Waals surface area contributed by atoms with E-state index in [2.05, 4.69) is 4.90 Å². The largest absolute Gasteiger partial charge is 0.450 e. The molecular formula is C25H24Cl3NO4S. The summed E-state index contributed by atoms with van der Waals surface area (Å²) in [6, 6.07) is 10.3. The highest BCUT2D eigenvalue weighted by molar-refractivity contribution is 7.90. The van der Waals surface area contributed by atoms with Gasteiger partial charge in [-0.25, -0.2) is 13.2 Å². The van der Waals surface area contributed by atoms with E-state index in [4.69, 9.17) is 39.5 Å². The summed E-state index contributed by atoms with van der Waals surface area (Å²) >= 11 is 18.1. The van der Waals surface area contributed by atoms with Crippen molar-refractivity contribution in [3.63, 3.8) is 0 Å². The van der Waals surface area contributed by atoms with Crippen LogP contribution in [0, 0.1) is 6.92 Å². The molecule has 0 N–H and O–H groups in total. The molecule has 1 fully saturated rings. The number of nitrogens with zero attached hydrogens (tertiary/aromatic N) is 1. The molecule has 0 bridgehead atoms. The molecule has 4 rings (SSSR count). The normalized spacial score (nSPS) is 20.9. The molecule has 2 aliphatic rings. The molecule has 5 nitrogen and oxygen atoms in total. The van der Waals surface area contributed by atoms with Gasteiger partial charge in [-0.1, -0.05) is 46.9 Å². The minimum absolute atomic E-state index is 0.215. The van der Waals surface area contributed by atoms with Gasteiger partial charge in [0.25, 0.3) is 0 Å². The van der Waals surface area contributed by atoms with E-state index in [0.29, 0.717) is 40.4 Å². The van der Waals surface area contributed by atoms with E-state index in [1.807, 2.05) is 25.1 Å². The summed E-state index contributed by atoms with van der Waals surface area (Å²) in [6.45, 7) is 3.90. The number of benzene rings is 2. The highest BCUT2D eigenvalue weighted by atomic mass is 35.5. The summed E-state index contributed by atoms with van der Waals surface area (Å²) in [5.41, 5.74) is 2.73. The molecule has 1 atom stereocenters. The zero-order chi connectivity index (χ0) is 24.7. The quantitative estimate of drug-likeness (QED) is 0.448. The number of carbonyl (C=O) groups excluding carboxylic acids is 1. The smallest absolute Gasteiger partial charge is 0.339 e. The highest BCUT2D eigenvalue weighted by Crippen LogP contribution is 2.40. The average molecular weight is 541 g/mol. The van der Waals surface area contributed by atoms with Gasteiger partial charge in [0.1, 0.15) is 10.1 Å². The van der Waals surface area contributed by atoms with Crippen molar-refractivity contribution in [1.82, 2.24) is 4.90 Å². The molecule has 1 saturated heterocycles. The Morgan fingerprint density at radius 3 is 2.68 bits per heavy atom. The summed E-state index contributed by atoms with van der Waals surface area (Å²) in [6.07, 6.45) is 6.42. The van der Waals surface area contributed by atoms with E-state index in [1.54, 1.807) is 30.3 Å². The lowest BCUT2D eigenvalue weighted by molar-refractivity contribution is -0.148. The summed E-state index contributed by atoms with van der Waals surface area (Å²) < 4.78 is 30.0. The number of hydrogen-bond donors (Lipinski definition) is 0. The van der Waals surface area contributed by atoms with Crippen molar-refractivity contribution in [1.29, 1.82) is 0 Å². The Morgan fingerprint density at radius 2 is 1.97 bits per heavy atom. The van der Waals surface area contributed by atoms with Crippen molar-refractivity contribution < 1.29 is 17.9 Å². The molecule has 1 spiro atoms. The minimum atomic E-state index is -3.35. The third-order valence-electron chi connectivity index (χ3n) is 6.17. The Hall–Kier alpha value is -1.83. The van der Waals surface area contributed by atoms with Crippen molar-refractivity contribution in [2.75, 3.05) is 25.9 Å². The van der Waals surface area contributed by atoms with E-state index < -0.39 is 15.4 Å². The number of ether oxygens (including phenoxy) is 1. The number of halogens is 3. The molecule has 0 radical (unpaired) electrons. The fourth-order valence-electron chi connectivity index (χ4n) is 4.56. The lowest BCUT2D eigenvalue weighted by Crippen LogP contribution is -2.47. The van der Waals surface area contributed by atoms with Gasteiger partial charge >= 0.3 is 5.97 Å². The molecule has 0 saturated carbocycles. The molecule has 0 aromatic heterocycles. The number of esters is 1. The Balaban J connectivity index is 1.67. The summed E-state index contributed by atoms with van der Waals surface area (Å²) in [5.74, 6) is -0.376. The van der Waals surface area contributed by atoms with Crippen molar-refractivity contribution >= 4 is 56.2 Å². The van der Waals surface area contributed by atoms with Crippen molar-refractivity contribution in [3.05, 3.63) is 69.2 Å². The van der Waals surface area contributed by atoms with Gasteiger partial charge in [-0.15, -0.1) is 0 Å². The number of sulfone groups is 1. The van der Waals surface area contributed by atoms with Crippen molar-refractivity contribution in [3.8, 4) is 11.1 Å². The van der Waals surface area contributed by atoms with Gasteiger partial charge in [0, 0.05) is 29.9 Å². The van der Waals surface area contributed by atoms with Crippen LogP contribution in [0.2, 0.25) is 5.02 Å². The van der Waals surface area contributed by atoms with Crippen LogP contribution in [0.4, 0.5) is 0 Å². The molecule has 1 unspecified atom stereocenters. The zero-order valence-electron chi connectivity index (χ0n) is 18.8. The fourth-order valence-corrected chi connectivity index (χ4v) is 5.64. The number of hydrogen-bond acceptors (Lipinski definition) is 5. The maximum Gasteiger partial charge on any atom is 0.339 e. The molecular weight excluding hydrogens is 517 g/mol. The van der Waals surface area contributed by atoms with Gasteiger partial charge in [0.05, 0.1) is 10.5 Å². The zero-order valence-corrected chi connectivity index (χ0v) is 21.9. The summed E-state index contributed by atoms with van der Waals surface area (Å²) in [7, 11) is -3.35. The summed E-state index contributed by atoms with van der Waals surface area (Å²) in [5, 5.41) is 0.424. The number of likely N-dealkylation sites (tertiary alicyclic amines) is 1. The minimum Gasteiger partial charge on any atom is -0.450 e. The van der Waals surface area contributed by atoms with Gasteiger partial charge in [0.15, 0.2) is 9.84 Å². The molecule has 9 heteroatoms. The third-order valence-corrected chi connectivity index (χ3v) is 7.90. The van der Waals surface area contributed by atoms with E-state index in [0.717, 1.165) is 24.9 Å². The van der Waals surface area contributed by atoms with Crippen LogP contribution in [0.3, 0.4) is 0 Å². The monoisotopic (exact) mass is 539 g/mol. The standard InChI is InChI=1S/C25H24Cl3NO4S/c1-16-11-20(17-5-3-6-18(12-17)34(2,31)32)22(26)13-19(16)21-14-25(33-24(21)30)8-4-9-29(15-25)10-7-23(27)28/h3,5-7,11-14H,4,8-10,15H2,1-2H3. The van der Waals surface area contributed by atoms with Crippen LogP contribution in [0.15, 0.2) is 57.9 Å². The molecule has 2 aromatic carbocycles. The molecule has 2 aromatic rings. The van der Waals surface area contributed by atoms with Gasteiger partial charge in [-0.05, 0) is 79.4 Å². The lowest BCUT2D eigenvalue weighted by Gasteiger charge is -2.37. The van der Waals surface area contributed by atoms with E-state index in [-0.39, 0.29) is 15.4 Å². The van der Waals surface area contributed by atoms with Crippen LogP contribution < -0.4 is 0 Å². The van der Waals surface area contributed by atoms with E-state index in [9.17, 15) is 13.2 Å². The third kappa shape index (κ3) is 5.37.